The number of methoxy groups -OCH3 is 1. The van der Waals surface area contributed by atoms with Crippen molar-refractivity contribution in [2.45, 2.75) is 6.42 Å². The van der Waals surface area contributed by atoms with E-state index >= 15 is 0 Å². The third kappa shape index (κ3) is 3.45. The van der Waals surface area contributed by atoms with Gasteiger partial charge in [0.1, 0.15) is 0 Å². The number of thiophene rings is 1. The average molecular weight is 289 g/mol. The highest BCUT2D eigenvalue weighted by Crippen LogP contribution is 2.27. The Balaban J connectivity index is 2.05. The van der Waals surface area contributed by atoms with Crippen molar-refractivity contribution in [2.75, 3.05) is 13.7 Å². The lowest BCUT2D eigenvalue weighted by Gasteiger charge is -2.05. The number of amides is 1. The molecule has 1 N–H and O–H groups in total. The normalized spacial score (nSPS) is 10.1. The fourth-order valence-corrected chi connectivity index (χ4v) is 2.62. The number of ether oxygens (including phenoxy) is 1. The van der Waals surface area contributed by atoms with Crippen molar-refractivity contribution in [3.05, 3.63) is 46.7 Å². The van der Waals surface area contributed by atoms with E-state index in [1.54, 1.807) is 0 Å². The summed E-state index contributed by atoms with van der Waals surface area (Å²) in [6, 6.07) is 11.7. The number of hydrogen-bond donors (Lipinski definition) is 1. The molecule has 0 aliphatic rings. The van der Waals surface area contributed by atoms with Gasteiger partial charge in [-0.3, -0.25) is 9.59 Å². The zero-order valence-electron chi connectivity index (χ0n) is 11.1. The van der Waals surface area contributed by atoms with Gasteiger partial charge in [-0.05, 0) is 17.0 Å². The Morgan fingerprint density at radius 2 is 1.95 bits per heavy atom. The highest BCUT2D eigenvalue weighted by molar-refractivity contribution is 7.12. The Hall–Kier alpha value is -2.14. The van der Waals surface area contributed by atoms with Crippen molar-refractivity contribution in [1.29, 1.82) is 0 Å². The largest absolute Gasteiger partial charge is 0.469 e. The molecule has 1 heterocycles. The van der Waals surface area contributed by atoms with Gasteiger partial charge in [0, 0.05) is 12.1 Å². The first kappa shape index (κ1) is 14.3. The molecule has 0 atom stereocenters. The molecular weight excluding hydrogens is 274 g/mol. The molecule has 1 aromatic carbocycles. The maximum absolute atomic E-state index is 12.1. The molecule has 20 heavy (non-hydrogen) atoms. The van der Waals surface area contributed by atoms with Crippen LogP contribution in [0.5, 0.6) is 0 Å². The standard InChI is InChI=1S/C15H15NO3S/c1-19-13(17)7-9-16-15(18)14-12(8-10-20-14)11-5-3-2-4-6-11/h2-6,8,10H,7,9H2,1H3,(H,16,18). The maximum atomic E-state index is 12.1. The van der Waals surface area contributed by atoms with Gasteiger partial charge in [-0.25, -0.2) is 0 Å². The zero-order valence-corrected chi connectivity index (χ0v) is 11.9. The van der Waals surface area contributed by atoms with E-state index in [0.29, 0.717) is 4.88 Å². The number of benzene rings is 1. The number of esters is 1. The summed E-state index contributed by atoms with van der Waals surface area (Å²) in [5.41, 5.74) is 1.91. The van der Waals surface area contributed by atoms with Crippen LogP contribution in [0.2, 0.25) is 0 Å². The quantitative estimate of drug-likeness (QED) is 0.861. The third-order valence-electron chi connectivity index (χ3n) is 2.80. The molecule has 5 heteroatoms. The Morgan fingerprint density at radius 1 is 1.20 bits per heavy atom. The van der Waals surface area contributed by atoms with Gasteiger partial charge < -0.3 is 10.1 Å². The summed E-state index contributed by atoms with van der Waals surface area (Å²) in [5, 5.41) is 4.62. The minimum absolute atomic E-state index is 0.164. The Bertz CT molecular complexity index is 592. The van der Waals surface area contributed by atoms with E-state index in [2.05, 4.69) is 10.1 Å². The fraction of sp³-hybridized carbons (Fsp3) is 0.200. The number of hydrogen-bond acceptors (Lipinski definition) is 4. The van der Waals surface area contributed by atoms with Gasteiger partial charge in [-0.1, -0.05) is 30.3 Å². The first-order valence-corrected chi connectivity index (χ1v) is 7.08. The molecule has 0 saturated carbocycles. The van der Waals surface area contributed by atoms with Crippen LogP contribution in [0.4, 0.5) is 0 Å². The van der Waals surface area contributed by atoms with Gasteiger partial charge in [0.2, 0.25) is 0 Å². The predicted molar refractivity (Wildman–Crippen MR) is 78.7 cm³/mol. The first-order valence-electron chi connectivity index (χ1n) is 6.20. The van der Waals surface area contributed by atoms with Gasteiger partial charge in [0.15, 0.2) is 0 Å². The smallest absolute Gasteiger partial charge is 0.307 e. The first-order chi connectivity index (χ1) is 9.72. The van der Waals surface area contributed by atoms with Crippen LogP contribution < -0.4 is 5.32 Å². The van der Waals surface area contributed by atoms with Crippen LogP contribution in [0.3, 0.4) is 0 Å². The molecule has 0 saturated heterocycles. The van der Waals surface area contributed by atoms with E-state index in [1.807, 2.05) is 41.8 Å². The van der Waals surface area contributed by atoms with Gasteiger partial charge in [0.05, 0.1) is 18.4 Å². The number of rotatable bonds is 5. The fourth-order valence-electron chi connectivity index (χ4n) is 1.79. The van der Waals surface area contributed by atoms with E-state index in [4.69, 9.17) is 0 Å². The minimum Gasteiger partial charge on any atom is -0.469 e. The van der Waals surface area contributed by atoms with E-state index in [9.17, 15) is 9.59 Å². The lowest BCUT2D eigenvalue weighted by atomic mass is 10.1. The van der Waals surface area contributed by atoms with E-state index in [-0.39, 0.29) is 24.8 Å². The summed E-state index contributed by atoms with van der Waals surface area (Å²) < 4.78 is 4.53. The second-order valence-electron chi connectivity index (χ2n) is 4.11. The molecule has 4 nitrogen and oxygen atoms in total. The molecule has 2 aromatic rings. The van der Waals surface area contributed by atoms with E-state index in [0.717, 1.165) is 11.1 Å². The molecule has 0 spiro atoms. The monoisotopic (exact) mass is 289 g/mol. The summed E-state index contributed by atoms with van der Waals surface area (Å²) >= 11 is 1.39. The van der Waals surface area contributed by atoms with Gasteiger partial charge >= 0.3 is 5.97 Å². The second-order valence-corrected chi connectivity index (χ2v) is 5.03. The Labute approximate surface area is 121 Å². The van der Waals surface area contributed by atoms with Crippen molar-refractivity contribution in [1.82, 2.24) is 5.32 Å². The molecule has 0 aliphatic carbocycles. The Kier molecular flexibility index (Phi) is 4.90. The molecule has 0 aliphatic heterocycles. The summed E-state index contributed by atoms with van der Waals surface area (Å²) in [5.74, 6) is -0.498. The summed E-state index contributed by atoms with van der Waals surface area (Å²) in [6.07, 6.45) is 0.175. The zero-order chi connectivity index (χ0) is 14.4. The molecule has 2 rings (SSSR count). The van der Waals surface area contributed by atoms with Crippen LogP contribution in [0.15, 0.2) is 41.8 Å². The minimum atomic E-state index is -0.334. The van der Waals surface area contributed by atoms with Crippen LogP contribution in [0.25, 0.3) is 11.1 Å². The van der Waals surface area contributed by atoms with Crippen molar-refractivity contribution in [3.8, 4) is 11.1 Å². The SMILES string of the molecule is COC(=O)CCNC(=O)c1sccc1-c1ccccc1. The van der Waals surface area contributed by atoms with Crippen molar-refractivity contribution in [2.24, 2.45) is 0 Å². The maximum Gasteiger partial charge on any atom is 0.307 e. The Morgan fingerprint density at radius 3 is 2.65 bits per heavy atom. The second kappa shape index (κ2) is 6.86. The highest BCUT2D eigenvalue weighted by Gasteiger charge is 2.14. The van der Waals surface area contributed by atoms with Gasteiger partial charge in [0.25, 0.3) is 5.91 Å². The van der Waals surface area contributed by atoms with Crippen molar-refractivity contribution < 1.29 is 14.3 Å². The number of carbonyl (C=O) groups is 2. The summed E-state index contributed by atoms with van der Waals surface area (Å²) in [7, 11) is 1.33. The van der Waals surface area contributed by atoms with Crippen LogP contribution in [0, 0.1) is 0 Å². The highest BCUT2D eigenvalue weighted by atomic mass is 32.1. The molecule has 0 bridgehead atoms. The van der Waals surface area contributed by atoms with Crippen molar-refractivity contribution in [3.63, 3.8) is 0 Å². The molecule has 1 amide bonds. The lowest BCUT2D eigenvalue weighted by molar-refractivity contribution is -0.140. The van der Waals surface area contributed by atoms with E-state index < -0.39 is 0 Å². The molecular formula is C15H15NO3S. The number of nitrogens with one attached hydrogen (secondary N) is 1. The van der Waals surface area contributed by atoms with Crippen LogP contribution in [0.1, 0.15) is 16.1 Å². The third-order valence-corrected chi connectivity index (χ3v) is 3.71. The van der Waals surface area contributed by atoms with Crippen LogP contribution in [-0.2, 0) is 9.53 Å². The number of carbonyl (C=O) groups excluding carboxylic acids is 2. The summed E-state index contributed by atoms with van der Waals surface area (Å²) in [6.45, 7) is 0.275. The average Bonchev–Trinajstić information content (AvgIpc) is 2.97. The summed E-state index contributed by atoms with van der Waals surface area (Å²) in [4.78, 5) is 23.8. The molecule has 104 valence electrons. The molecule has 0 radical (unpaired) electrons. The van der Waals surface area contributed by atoms with Crippen LogP contribution >= 0.6 is 11.3 Å². The molecule has 0 unspecified atom stereocenters. The van der Waals surface area contributed by atoms with Crippen LogP contribution in [-0.4, -0.2) is 25.5 Å². The molecule has 1 aromatic heterocycles. The predicted octanol–water partition coefficient (Wildman–Crippen LogP) is 2.71. The van der Waals surface area contributed by atoms with Gasteiger partial charge in [-0.2, -0.15) is 0 Å². The molecule has 0 fully saturated rings. The lowest BCUT2D eigenvalue weighted by Crippen LogP contribution is -2.26. The topological polar surface area (TPSA) is 55.4 Å². The van der Waals surface area contributed by atoms with Crippen molar-refractivity contribution >= 4 is 23.2 Å². The van der Waals surface area contributed by atoms with E-state index in [1.165, 1.54) is 18.4 Å². The van der Waals surface area contributed by atoms with Gasteiger partial charge in [-0.15, -0.1) is 11.3 Å².